The fraction of sp³-hybridized carbons (Fsp3) is 0.370. The second-order valence-electron chi connectivity index (χ2n) is 8.98. The van der Waals surface area contributed by atoms with Crippen LogP contribution in [0.2, 0.25) is 0 Å². The molecule has 4 rings (SSSR count). The monoisotopic (exact) mass is 522 g/mol. The normalized spacial score (nSPS) is 20.1. The third-order valence-electron chi connectivity index (χ3n) is 6.30. The number of nitrogens with one attached hydrogen (secondary N) is 2. The van der Waals surface area contributed by atoms with E-state index in [0.717, 1.165) is 0 Å². The van der Waals surface area contributed by atoms with Crippen LogP contribution in [-0.2, 0) is 19.1 Å². The van der Waals surface area contributed by atoms with E-state index in [1.165, 1.54) is 4.90 Å². The topological polar surface area (TPSA) is 141 Å². The van der Waals surface area contributed by atoms with Crippen LogP contribution < -0.4 is 15.5 Å². The predicted molar refractivity (Wildman–Crippen MR) is 140 cm³/mol. The number of carbonyl (C=O) groups excluding carboxylic acids is 3. The second-order valence-corrected chi connectivity index (χ2v) is 8.98. The van der Waals surface area contributed by atoms with Crippen LogP contribution >= 0.6 is 0 Å². The summed E-state index contributed by atoms with van der Waals surface area (Å²) in [5, 5.41) is 24.3. The maximum atomic E-state index is 13.3. The van der Waals surface area contributed by atoms with Crippen molar-refractivity contribution in [2.75, 3.05) is 55.1 Å². The SMILES string of the molecule is C#Cc1ccc(NC(=O)N2C[C@H](OCC(O)CO)C[C@@H]2C(=O)Nc2ccc(N3CCOCC3=O)cc2)cc1. The molecule has 2 aromatic rings. The number of rotatable bonds is 8. The van der Waals surface area contributed by atoms with Crippen LogP contribution in [0.5, 0.6) is 0 Å². The van der Waals surface area contributed by atoms with E-state index in [9.17, 15) is 19.5 Å². The van der Waals surface area contributed by atoms with Gasteiger partial charge in [-0.25, -0.2) is 4.79 Å². The lowest BCUT2D eigenvalue weighted by atomic mass is 10.1. The molecule has 38 heavy (non-hydrogen) atoms. The summed E-state index contributed by atoms with van der Waals surface area (Å²) in [6, 6.07) is 12.2. The van der Waals surface area contributed by atoms with E-state index < -0.39 is 36.8 Å². The molecule has 2 saturated heterocycles. The number of aliphatic hydroxyl groups excluding tert-OH is 2. The third-order valence-corrected chi connectivity index (χ3v) is 6.30. The lowest BCUT2D eigenvalue weighted by Gasteiger charge is -2.27. The van der Waals surface area contributed by atoms with Crippen LogP contribution in [0, 0.1) is 12.3 Å². The molecule has 11 heteroatoms. The Kier molecular flexibility index (Phi) is 8.93. The predicted octanol–water partition coefficient (Wildman–Crippen LogP) is 1.01. The van der Waals surface area contributed by atoms with Crippen molar-refractivity contribution in [2.24, 2.45) is 0 Å². The average molecular weight is 523 g/mol. The number of hydrogen-bond acceptors (Lipinski definition) is 7. The molecule has 2 aliphatic rings. The molecule has 0 aromatic heterocycles. The first-order chi connectivity index (χ1) is 18.4. The summed E-state index contributed by atoms with van der Waals surface area (Å²) in [7, 11) is 0. The summed E-state index contributed by atoms with van der Waals surface area (Å²) in [5.41, 5.74) is 2.39. The van der Waals surface area contributed by atoms with Gasteiger partial charge >= 0.3 is 6.03 Å². The number of ether oxygens (including phenoxy) is 2. The highest BCUT2D eigenvalue weighted by Crippen LogP contribution is 2.25. The zero-order valence-corrected chi connectivity index (χ0v) is 20.7. The van der Waals surface area contributed by atoms with Crippen molar-refractivity contribution in [3.8, 4) is 12.3 Å². The standard InChI is InChI=1S/C27H30N4O7/c1-2-18-3-5-20(6-4-18)29-27(36)31-14-23(38-16-22(33)15-32)13-24(31)26(35)28-19-7-9-21(10-8-19)30-11-12-37-17-25(30)34/h1,3-10,22-24,32-33H,11-17H2,(H,28,35)(H,29,36)/t22?,23-,24-/m1/s1. The minimum absolute atomic E-state index is 0.0324. The van der Waals surface area contributed by atoms with Gasteiger partial charge in [0.05, 0.1) is 25.9 Å². The van der Waals surface area contributed by atoms with Gasteiger partial charge in [0, 0.05) is 42.1 Å². The first-order valence-corrected chi connectivity index (χ1v) is 12.2. The zero-order valence-electron chi connectivity index (χ0n) is 20.7. The lowest BCUT2D eigenvalue weighted by molar-refractivity contribution is -0.125. The molecular weight excluding hydrogens is 492 g/mol. The van der Waals surface area contributed by atoms with Crippen LogP contribution in [0.4, 0.5) is 21.9 Å². The molecule has 0 spiro atoms. The summed E-state index contributed by atoms with van der Waals surface area (Å²) < 4.78 is 10.8. The Morgan fingerprint density at radius 3 is 2.47 bits per heavy atom. The molecule has 11 nitrogen and oxygen atoms in total. The Bertz CT molecular complexity index is 1180. The Morgan fingerprint density at radius 2 is 1.82 bits per heavy atom. The molecule has 2 heterocycles. The van der Waals surface area contributed by atoms with Crippen molar-refractivity contribution < 1.29 is 34.1 Å². The van der Waals surface area contributed by atoms with Gasteiger partial charge in [-0.1, -0.05) is 5.92 Å². The molecule has 0 saturated carbocycles. The molecule has 4 N–H and O–H groups in total. The van der Waals surface area contributed by atoms with Crippen LogP contribution in [0.1, 0.15) is 12.0 Å². The number of nitrogens with zero attached hydrogens (tertiary/aromatic N) is 2. The van der Waals surface area contributed by atoms with Crippen molar-refractivity contribution in [3.63, 3.8) is 0 Å². The molecule has 2 aliphatic heterocycles. The molecule has 3 atom stereocenters. The maximum absolute atomic E-state index is 13.3. The van der Waals surface area contributed by atoms with Gasteiger partial charge in [0.15, 0.2) is 0 Å². The molecule has 2 fully saturated rings. The lowest BCUT2D eigenvalue weighted by Crippen LogP contribution is -2.45. The van der Waals surface area contributed by atoms with E-state index in [-0.39, 0.29) is 32.1 Å². The number of aliphatic hydroxyl groups is 2. The summed E-state index contributed by atoms with van der Waals surface area (Å²) in [6.07, 6.45) is 4.01. The molecule has 0 bridgehead atoms. The summed E-state index contributed by atoms with van der Waals surface area (Å²) in [4.78, 5) is 41.5. The molecule has 200 valence electrons. The number of terminal acetylenes is 1. The molecule has 4 amide bonds. The quantitative estimate of drug-likeness (QED) is 0.380. The summed E-state index contributed by atoms with van der Waals surface area (Å²) in [6.45, 7) is 0.471. The number of morpholine rings is 1. The third kappa shape index (κ3) is 6.67. The van der Waals surface area contributed by atoms with Gasteiger partial charge in [-0.15, -0.1) is 6.42 Å². The smallest absolute Gasteiger partial charge is 0.322 e. The number of likely N-dealkylation sites (tertiary alicyclic amines) is 1. The fourth-order valence-electron chi connectivity index (χ4n) is 4.28. The van der Waals surface area contributed by atoms with E-state index in [1.807, 2.05) is 0 Å². The minimum atomic E-state index is -1.06. The first-order valence-electron chi connectivity index (χ1n) is 12.2. The van der Waals surface area contributed by atoms with Crippen molar-refractivity contribution in [1.29, 1.82) is 0 Å². The van der Waals surface area contributed by atoms with Crippen LogP contribution in [0.3, 0.4) is 0 Å². The first kappa shape index (κ1) is 27.1. The number of carbonyl (C=O) groups is 3. The Hall–Kier alpha value is -3.95. The average Bonchev–Trinajstić information content (AvgIpc) is 3.38. The molecule has 2 aromatic carbocycles. The zero-order chi connectivity index (χ0) is 27.1. The fourth-order valence-corrected chi connectivity index (χ4v) is 4.28. The molecular formula is C27H30N4O7. The highest BCUT2D eigenvalue weighted by atomic mass is 16.5. The van der Waals surface area contributed by atoms with Crippen LogP contribution in [-0.4, -0.2) is 90.7 Å². The van der Waals surface area contributed by atoms with E-state index in [0.29, 0.717) is 35.8 Å². The highest BCUT2D eigenvalue weighted by Gasteiger charge is 2.40. The van der Waals surface area contributed by atoms with E-state index in [4.69, 9.17) is 21.0 Å². The van der Waals surface area contributed by atoms with Gasteiger partial charge in [-0.2, -0.15) is 0 Å². The van der Waals surface area contributed by atoms with Crippen molar-refractivity contribution in [1.82, 2.24) is 4.90 Å². The number of hydrogen-bond donors (Lipinski definition) is 4. The Balaban J connectivity index is 1.44. The molecule has 0 aliphatic carbocycles. The van der Waals surface area contributed by atoms with E-state index in [2.05, 4.69) is 16.6 Å². The molecule has 0 radical (unpaired) electrons. The van der Waals surface area contributed by atoms with Crippen molar-refractivity contribution in [3.05, 3.63) is 54.1 Å². The molecule has 1 unspecified atom stereocenters. The van der Waals surface area contributed by atoms with Gasteiger partial charge in [-0.3, -0.25) is 9.59 Å². The number of urea groups is 1. The van der Waals surface area contributed by atoms with Gasteiger partial charge in [-0.05, 0) is 48.5 Å². The van der Waals surface area contributed by atoms with Gasteiger partial charge in [0.1, 0.15) is 18.8 Å². The van der Waals surface area contributed by atoms with Gasteiger partial charge < -0.3 is 40.1 Å². The van der Waals surface area contributed by atoms with Gasteiger partial charge in [0.25, 0.3) is 5.91 Å². The Morgan fingerprint density at radius 1 is 1.13 bits per heavy atom. The number of benzene rings is 2. The number of anilines is 3. The van der Waals surface area contributed by atoms with Crippen LogP contribution in [0.15, 0.2) is 48.5 Å². The minimum Gasteiger partial charge on any atom is -0.394 e. The summed E-state index contributed by atoms with van der Waals surface area (Å²) in [5.74, 6) is 1.97. The van der Waals surface area contributed by atoms with Crippen molar-refractivity contribution >= 4 is 34.9 Å². The maximum Gasteiger partial charge on any atom is 0.322 e. The largest absolute Gasteiger partial charge is 0.394 e. The van der Waals surface area contributed by atoms with Crippen molar-refractivity contribution in [2.45, 2.75) is 24.7 Å². The summed E-state index contributed by atoms with van der Waals surface area (Å²) >= 11 is 0. The Labute approximate surface area is 220 Å². The second kappa shape index (κ2) is 12.5. The number of amides is 4. The highest BCUT2D eigenvalue weighted by molar-refractivity contribution is 6.00. The van der Waals surface area contributed by atoms with Gasteiger partial charge in [0.2, 0.25) is 5.91 Å². The van der Waals surface area contributed by atoms with E-state index in [1.54, 1.807) is 53.4 Å². The van der Waals surface area contributed by atoms with Crippen LogP contribution in [0.25, 0.3) is 0 Å². The van der Waals surface area contributed by atoms with E-state index >= 15 is 0 Å².